The molecule has 10 nitrogen and oxygen atoms in total. The maximum absolute atomic E-state index is 10.1. The van der Waals surface area contributed by atoms with E-state index in [-0.39, 0.29) is 5.82 Å². The summed E-state index contributed by atoms with van der Waals surface area (Å²) in [6.07, 6.45) is -1.34. The van der Waals surface area contributed by atoms with Gasteiger partial charge in [0.05, 0.1) is 19.5 Å². The molecule has 0 aromatic carbocycles. The highest BCUT2D eigenvalue weighted by molar-refractivity contribution is 5.81. The normalized spacial score (nSPS) is 28.3. The largest absolute Gasteiger partial charge is 0.393 e. The minimum absolute atomic E-state index is 0.169. The van der Waals surface area contributed by atoms with E-state index in [4.69, 9.17) is 10.5 Å². The summed E-state index contributed by atoms with van der Waals surface area (Å²) in [7, 11) is 0. The van der Waals surface area contributed by atoms with Crippen molar-refractivity contribution in [2.24, 2.45) is 0 Å². The molecule has 0 spiro atoms. The van der Waals surface area contributed by atoms with E-state index in [2.05, 4.69) is 15.0 Å². The Labute approximate surface area is 118 Å². The second-order valence-corrected chi connectivity index (χ2v) is 4.91. The minimum Gasteiger partial charge on any atom is -0.393 e. The Morgan fingerprint density at radius 1 is 1.24 bits per heavy atom. The van der Waals surface area contributed by atoms with Crippen LogP contribution in [0.2, 0.25) is 0 Å². The maximum Gasteiger partial charge on any atom is 0.167 e. The molecule has 3 heterocycles. The second kappa shape index (κ2) is 4.86. The second-order valence-electron chi connectivity index (χ2n) is 4.91. The van der Waals surface area contributed by atoms with Gasteiger partial charge in [-0.15, -0.1) is 0 Å². The van der Waals surface area contributed by atoms with Gasteiger partial charge in [-0.05, 0) is 0 Å². The molecule has 3 rings (SSSR count). The van der Waals surface area contributed by atoms with Crippen LogP contribution in [0.25, 0.3) is 11.2 Å². The first-order valence-electron chi connectivity index (χ1n) is 6.23. The van der Waals surface area contributed by atoms with Crippen LogP contribution in [0.1, 0.15) is 6.23 Å². The van der Waals surface area contributed by atoms with Gasteiger partial charge in [0.15, 0.2) is 17.7 Å². The molecule has 114 valence electrons. The molecule has 0 aliphatic carbocycles. The van der Waals surface area contributed by atoms with Crippen LogP contribution in [0.5, 0.6) is 0 Å². The van der Waals surface area contributed by atoms with Gasteiger partial charge in [0.1, 0.15) is 29.7 Å². The van der Waals surface area contributed by atoms with Crippen LogP contribution in [0, 0.1) is 0 Å². The van der Waals surface area contributed by atoms with E-state index in [0.29, 0.717) is 11.2 Å². The van der Waals surface area contributed by atoms with Crippen molar-refractivity contribution in [2.75, 3.05) is 18.9 Å². The van der Waals surface area contributed by atoms with Gasteiger partial charge in [-0.2, -0.15) is 0 Å². The Morgan fingerprint density at radius 2 is 1.95 bits per heavy atom. The highest BCUT2D eigenvalue weighted by Crippen LogP contribution is 2.38. The van der Waals surface area contributed by atoms with E-state index >= 15 is 0 Å². The van der Waals surface area contributed by atoms with Crippen LogP contribution in [0.15, 0.2) is 12.7 Å². The van der Waals surface area contributed by atoms with Gasteiger partial charge in [-0.1, -0.05) is 0 Å². The lowest BCUT2D eigenvalue weighted by atomic mass is 9.97. The lowest BCUT2D eigenvalue weighted by Crippen LogP contribution is -2.49. The Kier molecular flexibility index (Phi) is 3.26. The van der Waals surface area contributed by atoms with Gasteiger partial charge in [-0.3, -0.25) is 4.57 Å². The minimum atomic E-state index is -1.65. The van der Waals surface area contributed by atoms with Gasteiger partial charge >= 0.3 is 0 Å². The summed E-state index contributed by atoms with van der Waals surface area (Å²) >= 11 is 0. The first-order chi connectivity index (χ1) is 10.0. The van der Waals surface area contributed by atoms with Crippen LogP contribution in [0.3, 0.4) is 0 Å². The number of anilines is 1. The Morgan fingerprint density at radius 3 is 2.57 bits per heavy atom. The van der Waals surface area contributed by atoms with E-state index in [1.165, 1.54) is 17.2 Å². The van der Waals surface area contributed by atoms with E-state index < -0.39 is 37.3 Å². The van der Waals surface area contributed by atoms with Crippen molar-refractivity contribution >= 4 is 17.0 Å². The number of hydrogen-bond donors (Lipinski definition) is 5. The molecule has 0 bridgehead atoms. The van der Waals surface area contributed by atoms with Gasteiger partial charge < -0.3 is 30.9 Å². The molecule has 0 unspecified atom stereocenters. The van der Waals surface area contributed by atoms with E-state index in [1.54, 1.807) is 0 Å². The van der Waals surface area contributed by atoms with Crippen molar-refractivity contribution in [2.45, 2.75) is 24.0 Å². The van der Waals surface area contributed by atoms with Crippen LogP contribution in [0.4, 0.5) is 5.82 Å². The molecule has 10 heteroatoms. The molecular formula is C11H15N5O5. The SMILES string of the molecule is Nc1ncnc2c1ncn2[C@@H]1OC(CO)(CO)[C@@H](O)[C@@H]1O. The third-order valence-corrected chi connectivity index (χ3v) is 3.71. The summed E-state index contributed by atoms with van der Waals surface area (Å²) in [6.45, 7) is -1.30. The molecule has 3 atom stereocenters. The molecule has 2 aromatic rings. The van der Waals surface area contributed by atoms with Crippen molar-refractivity contribution in [3.8, 4) is 0 Å². The zero-order valence-corrected chi connectivity index (χ0v) is 10.9. The average molecular weight is 297 g/mol. The first-order valence-corrected chi connectivity index (χ1v) is 6.23. The zero-order chi connectivity index (χ0) is 15.2. The topological polar surface area (TPSA) is 160 Å². The number of nitrogen functional groups attached to an aromatic ring is 1. The summed E-state index contributed by atoms with van der Waals surface area (Å²) in [6, 6.07) is 0. The number of ether oxygens (including phenoxy) is 1. The van der Waals surface area contributed by atoms with Crippen molar-refractivity contribution in [1.82, 2.24) is 19.5 Å². The molecule has 21 heavy (non-hydrogen) atoms. The predicted octanol–water partition coefficient (Wildman–Crippen LogP) is -2.62. The number of imidazole rings is 1. The Hall–Kier alpha value is -1.85. The first kappa shape index (κ1) is 14.1. The molecule has 1 fully saturated rings. The molecule has 1 aliphatic rings. The summed E-state index contributed by atoms with van der Waals surface area (Å²) in [5.41, 5.74) is 4.66. The van der Waals surface area contributed by atoms with Crippen molar-refractivity contribution in [3.05, 3.63) is 12.7 Å². The molecule has 1 aliphatic heterocycles. The number of aromatic nitrogens is 4. The zero-order valence-electron chi connectivity index (χ0n) is 10.9. The summed E-state index contributed by atoms with van der Waals surface area (Å²) in [5.74, 6) is 0.169. The molecule has 1 saturated heterocycles. The summed E-state index contributed by atoms with van der Waals surface area (Å²) in [5, 5.41) is 38.9. The van der Waals surface area contributed by atoms with Crippen molar-refractivity contribution in [3.63, 3.8) is 0 Å². The van der Waals surface area contributed by atoms with E-state index in [1.807, 2.05) is 0 Å². The lowest BCUT2D eigenvalue weighted by molar-refractivity contribution is -0.149. The molecule has 0 radical (unpaired) electrons. The van der Waals surface area contributed by atoms with Gasteiger partial charge in [0, 0.05) is 0 Å². The summed E-state index contributed by atoms with van der Waals surface area (Å²) < 4.78 is 6.86. The Bertz CT molecular complexity index is 657. The number of hydrogen-bond acceptors (Lipinski definition) is 9. The standard InChI is InChI=1S/C11H15N5O5/c12-8-5-9(14-3-13-8)16(4-15-5)10-6(19)7(20)11(1-17,2-18)21-10/h3-4,6-7,10,17-20H,1-2H2,(H2,12,13,14)/t6-,7-,10+/m0/s1. The number of nitrogens with two attached hydrogens (primary N) is 1. The van der Waals surface area contributed by atoms with Gasteiger partial charge in [0.2, 0.25) is 0 Å². The highest BCUT2D eigenvalue weighted by Gasteiger charge is 2.54. The quantitative estimate of drug-likeness (QED) is 0.408. The monoisotopic (exact) mass is 297 g/mol. The molecule has 6 N–H and O–H groups in total. The number of aliphatic hydroxyl groups excluding tert-OH is 4. The van der Waals surface area contributed by atoms with E-state index in [9.17, 15) is 20.4 Å². The maximum atomic E-state index is 10.1. The smallest absolute Gasteiger partial charge is 0.167 e. The van der Waals surface area contributed by atoms with Crippen molar-refractivity contribution in [1.29, 1.82) is 0 Å². The number of aliphatic hydroxyl groups is 4. The molecular weight excluding hydrogens is 282 g/mol. The van der Waals surface area contributed by atoms with Gasteiger partial charge in [-0.25, -0.2) is 15.0 Å². The average Bonchev–Trinajstić information content (AvgIpc) is 3.02. The predicted molar refractivity (Wildman–Crippen MR) is 68.8 cm³/mol. The van der Waals surface area contributed by atoms with Crippen LogP contribution >= 0.6 is 0 Å². The van der Waals surface area contributed by atoms with E-state index in [0.717, 1.165) is 0 Å². The van der Waals surface area contributed by atoms with Crippen LogP contribution in [-0.4, -0.2) is 71.0 Å². The fourth-order valence-corrected chi connectivity index (χ4v) is 2.44. The highest BCUT2D eigenvalue weighted by atomic mass is 16.6. The third-order valence-electron chi connectivity index (χ3n) is 3.71. The number of rotatable bonds is 3. The fraction of sp³-hybridized carbons (Fsp3) is 0.545. The van der Waals surface area contributed by atoms with Crippen molar-refractivity contribution < 1.29 is 25.2 Å². The molecule has 0 saturated carbocycles. The fourth-order valence-electron chi connectivity index (χ4n) is 2.44. The summed E-state index contributed by atoms with van der Waals surface area (Å²) in [4.78, 5) is 11.9. The molecule has 2 aromatic heterocycles. The third kappa shape index (κ3) is 1.88. The van der Waals surface area contributed by atoms with Gasteiger partial charge in [0.25, 0.3) is 0 Å². The van der Waals surface area contributed by atoms with Crippen LogP contribution < -0.4 is 5.73 Å². The van der Waals surface area contributed by atoms with Crippen LogP contribution in [-0.2, 0) is 4.74 Å². The number of nitrogens with zero attached hydrogens (tertiary/aromatic N) is 4. The number of fused-ring (bicyclic) bond motifs is 1. The lowest BCUT2D eigenvalue weighted by Gasteiger charge is -2.27. The molecule has 0 amide bonds. The Balaban J connectivity index is 2.06.